The van der Waals surface area contributed by atoms with Crippen LogP contribution in [0.4, 0.5) is 5.69 Å². The fourth-order valence-electron chi connectivity index (χ4n) is 2.39. The van der Waals surface area contributed by atoms with Gasteiger partial charge in [0.05, 0.1) is 4.90 Å². The summed E-state index contributed by atoms with van der Waals surface area (Å²) in [7, 11) is -0.317. The van der Waals surface area contributed by atoms with Gasteiger partial charge in [0.15, 0.2) is 0 Å². The van der Waals surface area contributed by atoms with Crippen molar-refractivity contribution in [2.24, 2.45) is 0 Å². The molecular formula is C18H24N2O2S. The number of hydrogen-bond acceptors (Lipinski definition) is 3. The van der Waals surface area contributed by atoms with Crippen molar-refractivity contribution < 1.29 is 8.42 Å². The molecule has 0 saturated carbocycles. The van der Waals surface area contributed by atoms with Crippen molar-refractivity contribution in [2.45, 2.75) is 31.2 Å². The van der Waals surface area contributed by atoms with Crippen molar-refractivity contribution in [3.63, 3.8) is 0 Å². The lowest BCUT2D eigenvalue weighted by atomic mass is 10.0. The van der Waals surface area contributed by atoms with Crippen molar-refractivity contribution in [3.05, 3.63) is 59.7 Å². The minimum absolute atomic E-state index is 0.318. The molecule has 4 nitrogen and oxygen atoms in total. The molecule has 5 heteroatoms. The van der Waals surface area contributed by atoms with Crippen molar-refractivity contribution >= 4 is 15.7 Å². The minimum atomic E-state index is -3.40. The lowest BCUT2D eigenvalue weighted by Gasteiger charge is -2.15. The van der Waals surface area contributed by atoms with Crippen LogP contribution in [0.25, 0.3) is 0 Å². The first kappa shape index (κ1) is 17.5. The highest BCUT2D eigenvalue weighted by molar-refractivity contribution is 7.89. The zero-order chi connectivity index (χ0) is 17.0. The molecule has 0 atom stereocenters. The summed E-state index contributed by atoms with van der Waals surface area (Å²) in [5.74, 6) is 0.430. The molecule has 2 aromatic carbocycles. The van der Waals surface area contributed by atoms with Gasteiger partial charge in [0.1, 0.15) is 0 Å². The Labute approximate surface area is 139 Å². The van der Waals surface area contributed by atoms with E-state index in [1.54, 1.807) is 32.3 Å². The van der Waals surface area contributed by atoms with Crippen LogP contribution in [0.1, 0.15) is 30.9 Å². The minimum Gasteiger partial charge on any atom is -0.381 e. The Morgan fingerprint density at radius 2 is 1.74 bits per heavy atom. The third kappa shape index (κ3) is 4.12. The van der Waals surface area contributed by atoms with Gasteiger partial charge in [0.2, 0.25) is 10.0 Å². The van der Waals surface area contributed by atoms with Crippen LogP contribution in [0.3, 0.4) is 0 Å². The molecule has 0 heterocycles. The van der Waals surface area contributed by atoms with Crippen LogP contribution in [0, 0.1) is 0 Å². The van der Waals surface area contributed by atoms with Crippen LogP contribution in [-0.4, -0.2) is 26.8 Å². The van der Waals surface area contributed by atoms with E-state index in [0.717, 1.165) is 11.3 Å². The number of sulfonamides is 1. The Kier molecular flexibility index (Phi) is 5.44. The predicted octanol–water partition coefficient (Wildman–Crippen LogP) is 3.67. The molecule has 1 N–H and O–H groups in total. The molecule has 0 spiro atoms. The molecule has 0 aliphatic heterocycles. The summed E-state index contributed by atoms with van der Waals surface area (Å²) in [5.41, 5.74) is 3.28. The SMILES string of the molecule is CC(C)c1ccccc1NCc1cccc(S(=O)(=O)N(C)C)c1. The van der Waals surface area contributed by atoms with Crippen molar-refractivity contribution in [2.75, 3.05) is 19.4 Å². The first-order valence-corrected chi connectivity index (χ1v) is 9.10. The molecule has 0 aliphatic carbocycles. The number of nitrogens with zero attached hydrogens (tertiary/aromatic N) is 1. The first-order valence-electron chi connectivity index (χ1n) is 7.66. The smallest absolute Gasteiger partial charge is 0.242 e. The average molecular weight is 332 g/mol. The largest absolute Gasteiger partial charge is 0.381 e. The Morgan fingerprint density at radius 3 is 2.39 bits per heavy atom. The molecule has 23 heavy (non-hydrogen) atoms. The van der Waals surface area contributed by atoms with Crippen LogP contribution in [0.15, 0.2) is 53.4 Å². The molecule has 2 aromatic rings. The second kappa shape index (κ2) is 7.15. The molecule has 0 amide bonds. The van der Waals surface area contributed by atoms with Gasteiger partial charge < -0.3 is 5.32 Å². The van der Waals surface area contributed by atoms with Gasteiger partial charge in [-0.05, 0) is 35.2 Å². The van der Waals surface area contributed by atoms with Gasteiger partial charge in [-0.2, -0.15) is 0 Å². The lowest BCUT2D eigenvalue weighted by Crippen LogP contribution is -2.22. The van der Waals surface area contributed by atoms with E-state index in [2.05, 4.69) is 31.3 Å². The highest BCUT2D eigenvalue weighted by Crippen LogP contribution is 2.24. The summed E-state index contributed by atoms with van der Waals surface area (Å²) in [5, 5.41) is 3.41. The molecule has 0 radical (unpaired) electrons. The van der Waals surface area contributed by atoms with Crippen LogP contribution in [-0.2, 0) is 16.6 Å². The average Bonchev–Trinajstić information content (AvgIpc) is 2.53. The number of hydrogen-bond donors (Lipinski definition) is 1. The molecule has 0 saturated heterocycles. The molecule has 0 aliphatic rings. The zero-order valence-electron chi connectivity index (χ0n) is 14.1. The van der Waals surface area contributed by atoms with Gasteiger partial charge in [-0.15, -0.1) is 0 Å². The maximum absolute atomic E-state index is 12.2. The van der Waals surface area contributed by atoms with Crippen molar-refractivity contribution in [1.29, 1.82) is 0 Å². The van der Waals surface area contributed by atoms with E-state index in [1.165, 1.54) is 9.87 Å². The number of benzene rings is 2. The maximum Gasteiger partial charge on any atom is 0.242 e. The van der Waals surface area contributed by atoms with Crippen LogP contribution >= 0.6 is 0 Å². The van der Waals surface area contributed by atoms with E-state index in [-0.39, 0.29) is 0 Å². The summed E-state index contributed by atoms with van der Waals surface area (Å²) in [6.07, 6.45) is 0. The second-order valence-electron chi connectivity index (χ2n) is 6.03. The summed E-state index contributed by atoms with van der Waals surface area (Å²) >= 11 is 0. The lowest BCUT2D eigenvalue weighted by molar-refractivity contribution is 0.520. The summed E-state index contributed by atoms with van der Waals surface area (Å²) < 4.78 is 25.6. The van der Waals surface area contributed by atoms with Gasteiger partial charge in [-0.25, -0.2) is 12.7 Å². The van der Waals surface area contributed by atoms with Gasteiger partial charge in [0.25, 0.3) is 0 Å². The van der Waals surface area contributed by atoms with Gasteiger partial charge in [-0.3, -0.25) is 0 Å². The number of rotatable bonds is 6. The normalized spacial score (nSPS) is 11.9. The van der Waals surface area contributed by atoms with Crippen LogP contribution in [0.5, 0.6) is 0 Å². The molecule has 0 aromatic heterocycles. The second-order valence-corrected chi connectivity index (χ2v) is 8.18. The Balaban J connectivity index is 2.20. The molecule has 0 unspecified atom stereocenters. The predicted molar refractivity (Wildman–Crippen MR) is 95.2 cm³/mol. The Bertz CT molecular complexity index is 768. The summed E-state index contributed by atoms with van der Waals surface area (Å²) in [6.45, 7) is 4.90. The summed E-state index contributed by atoms with van der Waals surface area (Å²) in [6, 6.07) is 15.3. The molecule has 0 bridgehead atoms. The van der Waals surface area contributed by atoms with E-state index in [0.29, 0.717) is 17.4 Å². The first-order chi connectivity index (χ1) is 10.8. The van der Waals surface area contributed by atoms with E-state index < -0.39 is 10.0 Å². The molecule has 2 rings (SSSR count). The van der Waals surface area contributed by atoms with Gasteiger partial charge >= 0.3 is 0 Å². The standard InChI is InChI=1S/C18H24N2O2S/c1-14(2)17-10-5-6-11-18(17)19-13-15-8-7-9-16(12-15)23(21,22)20(3)4/h5-12,14,19H,13H2,1-4H3. The highest BCUT2D eigenvalue weighted by atomic mass is 32.2. The number of para-hydroxylation sites is 1. The van der Waals surface area contributed by atoms with Crippen LogP contribution < -0.4 is 5.32 Å². The van der Waals surface area contributed by atoms with E-state index in [9.17, 15) is 8.42 Å². The topological polar surface area (TPSA) is 49.4 Å². The quantitative estimate of drug-likeness (QED) is 0.878. The maximum atomic E-state index is 12.2. The van der Waals surface area contributed by atoms with Crippen LogP contribution in [0.2, 0.25) is 0 Å². The van der Waals surface area contributed by atoms with Crippen molar-refractivity contribution in [3.8, 4) is 0 Å². The Morgan fingerprint density at radius 1 is 1.04 bits per heavy atom. The molecular weight excluding hydrogens is 308 g/mol. The fourth-order valence-corrected chi connectivity index (χ4v) is 3.36. The fraction of sp³-hybridized carbons (Fsp3) is 0.333. The third-order valence-corrected chi connectivity index (χ3v) is 5.55. The van der Waals surface area contributed by atoms with E-state index >= 15 is 0 Å². The van der Waals surface area contributed by atoms with Gasteiger partial charge in [-0.1, -0.05) is 44.2 Å². The number of anilines is 1. The number of nitrogens with one attached hydrogen (secondary N) is 1. The van der Waals surface area contributed by atoms with E-state index in [1.807, 2.05) is 18.2 Å². The monoisotopic (exact) mass is 332 g/mol. The molecule has 124 valence electrons. The summed E-state index contributed by atoms with van der Waals surface area (Å²) in [4.78, 5) is 0.318. The van der Waals surface area contributed by atoms with Crippen molar-refractivity contribution in [1.82, 2.24) is 4.31 Å². The Hall–Kier alpha value is -1.85. The van der Waals surface area contributed by atoms with Gasteiger partial charge in [0, 0.05) is 26.3 Å². The van der Waals surface area contributed by atoms with E-state index in [4.69, 9.17) is 0 Å². The highest BCUT2D eigenvalue weighted by Gasteiger charge is 2.17. The zero-order valence-corrected chi connectivity index (χ0v) is 14.9. The molecule has 0 fully saturated rings. The third-order valence-electron chi connectivity index (χ3n) is 3.74.